The first-order valence-corrected chi connectivity index (χ1v) is 6.05. The van der Waals surface area contributed by atoms with Gasteiger partial charge in [-0.1, -0.05) is 6.58 Å². The SMILES string of the molecule is C=Cc1nc(Cl)ncc1C(=O)N1CCOC(C)C1. The molecule has 2 rings (SSSR count). The number of aromatic nitrogens is 2. The first-order valence-electron chi connectivity index (χ1n) is 5.67. The molecule has 0 radical (unpaired) electrons. The second kappa shape index (κ2) is 5.46. The Morgan fingerprint density at radius 1 is 1.72 bits per heavy atom. The fourth-order valence-corrected chi connectivity index (χ4v) is 2.01. The van der Waals surface area contributed by atoms with E-state index in [-0.39, 0.29) is 17.3 Å². The molecule has 1 aliphatic heterocycles. The van der Waals surface area contributed by atoms with Gasteiger partial charge < -0.3 is 9.64 Å². The van der Waals surface area contributed by atoms with Crippen LogP contribution in [0.1, 0.15) is 23.0 Å². The van der Waals surface area contributed by atoms with E-state index < -0.39 is 0 Å². The molecule has 0 aliphatic carbocycles. The zero-order chi connectivity index (χ0) is 13.1. The van der Waals surface area contributed by atoms with Gasteiger partial charge in [-0.3, -0.25) is 4.79 Å². The molecule has 5 nitrogen and oxygen atoms in total. The number of rotatable bonds is 2. The number of carbonyl (C=O) groups excluding carboxylic acids is 1. The number of ether oxygens (including phenoxy) is 1. The highest BCUT2D eigenvalue weighted by atomic mass is 35.5. The van der Waals surface area contributed by atoms with Crippen molar-refractivity contribution in [2.24, 2.45) is 0 Å². The number of nitrogens with zero attached hydrogens (tertiary/aromatic N) is 3. The maximum Gasteiger partial charge on any atom is 0.257 e. The van der Waals surface area contributed by atoms with E-state index in [1.165, 1.54) is 12.3 Å². The average Bonchev–Trinajstić information content (AvgIpc) is 2.37. The minimum absolute atomic E-state index is 0.0445. The number of carbonyl (C=O) groups is 1. The van der Waals surface area contributed by atoms with Crippen LogP contribution < -0.4 is 0 Å². The van der Waals surface area contributed by atoms with Crippen LogP contribution in [0.3, 0.4) is 0 Å². The maximum absolute atomic E-state index is 12.3. The molecule has 1 aromatic rings. The van der Waals surface area contributed by atoms with Gasteiger partial charge in [0, 0.05) is 19.3 Å². The third kappa shape index (κ3) is 2.68. The Kier molecular flexibility index (Phi) is 3.93. The van der Waals surface area contributed by atoms with E-state index in [9.17, 15) is 4.79 Å². The molecule has 0 saturated carbocycles. The minimum atomic E-state index is -0.114. The zero-order valence-corrected chi connectivity index (χ0v) is 10.9. The fourth-order valence-electron chi connectivity index (χ4n) is 1.87. The van der Waals surface area contributed by atoms with E-state index in [1.807, 2.05) is 6.92 Å². The Balaban J connectivity index is 2.25. The fraction of sp³-hybridized carbons (Fsp3) is 0.417. The summed E-state index contributed by atoms with van der Waals surface area (Å²) in [4.78, 5) is 21.9. The van der Waals surface area contributed by atoms with E-state index in [2.05, 4.69) is 16.5 Å². The molecule has 1 unspecified atom stereocenters. The van der Waals surface area contributed by atoms with Gasteiger partial charge in [-0.05, 0) is 24.6 Å². The van der Waals surface area contributed by atoms with E-state index in [4.69, 9.17) is 16.3 Å². The van der Waals surface area contributed by atoms with E-state index in [0.29, 0.717) is 31.0 Å². The summed E-state index contributed by atoms with van der Waals surface area (Å²) in [5.74, 6) is -0.114. The van der Waals surface area contributed by atoms with Crippen molar-refractivity contribution in [1.82, 2.24) is 14.9 Å². The van der Waals surface area contributed by atoms with Crippen LogP contribution in [0.5, 0.6) is 0 Å². The highest BCUT2D eigenvalue weighted by Crippen LogP contribution is 2.15. The Bertz CT molecular complexity index is 478. The van der Waals surface area contributed by atoms with Crippen LogP contribution in [0.4, 0.5) is 0 Å². The third-order valence-electron chi connectivity index (χ3n) is 2.74. The maximum atomic E-state index is 12.3. The first kappa shape index (κ1) is 13.0. The zero-order valence-electron chi connectivity index (χ0n) is 10.1. The molecule has 1 atom stereocenters. The summed E-state index contributed by atoms with van der Waals surface area (Å²) in [6, 6.07) is 0. The van der Waals surface area contributed by atoms with Crippen molar-refractivity contribution in [3.05, 3.63) is 29.3 Å². The number of morpholine rings is 1. The molecule has 2 heterocycles. The minimum Gasteiger partial charge on any atom is -0.375 e. The molecular weight excluding hydrogens is 254 g/mol. The molecule has 0 aromatic carbocycles. The predicted octanol–water partition coefficient (Wildman–Crippen LogP) is 1.63. The molecule has 1 fully saturated rings. The lowest BCUT2D eigenvalue weighted by atomic mass is 10.2. The second-order valence-electron chi connectivity index (χ2n) is 4.07. The lowest BCUT2D eigenvalue weighted by Gasteiger charge is -2.31. The number of amides is 1. The lowest BCUT2D eigenvalue weighted by Crippen LogP contribution is -2.44. The smallest absolute Gasteiger partial charge is 0.257 e. The second-order valence-corrected chi connectivity index (χ2v) is 4.41. The van der Waals surface area contributed by atoms with Crippen molar-refractivity contribution in [2.75, 3.05) is 19.7 Å². The third-order valence-corrected chi connectivity index (χ3v) is 2.92. The summed E-state index contributed by atoms with van der Waals surface area (Å²) in [6.45, 7) is 7.25. The molecule has 18 heavy (non-hydrogen) atoms. The van der Waals surface area contributed by atoms with Gasteiger partial charge in [-0.2, -0.15) is 0 Å². The van der Waals surface area contributed by atoms with E-state index in [1.54, 1.807) is 4.90 Å². The highest BCUT2D eigenvalue weighted by Gasteiger charge is 2.24. The van der Waals surface area contributed by atoms with Crippen LogP contribution in [-0.4, -0.2) is 46.6 Å². The Hall–Kier alpha value is -1.46. The highest BCUT2D eigenvalue weighted by molar-refractivity contribution is 6.28. The van der Waals surface area contributed by atoms with Gasteiger partial charge in [-0.15, -0.1) is 0 Å². The van der Waals surface area contributed by atoms with Crippen molar-refractivity contribution in [1.29, 1.82) is 0 Å². The molecule has 0 spiro atoms. The number of hydrogen-bond donors (Lipinski definition) is 0. The van der Waals surface area contributed by atoms with Crippen LogP contribution in [-0.2, 0) is 4.74 Å². The standard InChI is InChI=1S/C12H14ClN3O2/c1-3-10-9(6-14-12(13)15-10)11(17)16-4-5-18-8(2)7-16/h3,6,8H,1,4-5,7H2,2H3. The molecule has 6 heteroatoms. The van der Waals surface area contributed by atoms with Crippen LogP contribution in [0.2, 0.25) is 5.28 Å². The normalized spacial score (nSPS) is 19.7. The summed E-state index contributed by atoms with van der Waals surface area (Å²) in [6.07, 6.45) is 2.99. The van der Waals surface area contributed by atoms with Gasteiger partial charge in [0.2, 0.25) is 5.28 Å². The quantitative estimate of drug-likeness (QED) is 0.765. The molecule has 1 aliphatic rings. The van der Waals surface area contributed by atoms with Gasteiger partial charge in [0.15, 0.2) is 0 Å². The predicted molar refractivity (Wildman–Crippen MR) is 68.5 cm³/mol. The van der Waals surface area contributed by atoms with Crippen molar-refractivity contribution in [3.63, 3.8) is 0 Å². The van der Waals surface area contributed by atoms with Crippen LogP contribution in [0.15, 0.2) is 12.8 Å². The summed E-state index contributed by atoms with van der Waals surface area (Å²) in [5.41, 5.74) is 0.877. The molecule has 0 N–H and O–H groups in total. The van der Waals surface area contributed by atoms with Gasteiger partial charge in [0.25, 0.3) is 5.91 Å². The lowest BCUT2D eigenvalue weighted by molar-refractivity contribution is -0.0124. The van der Waals surface area contributed by atoms with Gasteiger partial charge in [0.05, 0.1) is 24.0 Å². The van der Waals surface area contributed by atoms with Crippen LogP contribution >= 0.6 is 11.6 Å². The monoisotopic (exact) mass is 267 g/mol. The van der Waals surface area contributed by atoms with Gasteiger partial charge in [0.1, 0.15) is 0 Å². The summed E-state index contributed by atoms with van der Waals surface area (Å²) < 4.78 is 5.40. The van der Waals surface area contributed by atoms with Gasteiger partial charge >= 0.3 is 0 Å². The van der Waals surface area contributed by atoms with Crippen LogP contribution in [0.25, 0.3) is 6.08 Å². The largest absolute Gasteiger partial charge is 0.375 e. The molecule has 1 aromatic heterocycles. The molecule has 96 valence electrons. The molecule has 0 bridgehead atoms. The molecular formula is C12H14ClN3O2. The van der Waals surface area contributed by atoms with Crippen LogP contribution in [0, 0.1) is 0 Å². The number of hydrogen-bond acceptors (Lipinski definition) is 4. The molecule has 1 saturated heterocycles. The molecule has 1 amide bonds. The van der Waals surface area contributed by atoms with Crippen molar-refractivity contribution in [2.45, 2.75) is 13.0 Å². The Morgan fingerprint density at radius 3 is 3.17 bits per heavy atom. The van der Waals surface area contributed by atoms with Crippen molar-refractivity contribution in [3.8, 4) is 0 Å². The average molecular weight is 268 g/mol. The first-order chi connectivity index (χ1) is 8.61. The van der Waals surface area contributed by atoms with Gasteiger partial charge in [-0.25, -0.2) is 9.97 Å². The van der Waals surface area contributed by atoms with E-state index >= 15 is 0 Å². The summed E-state index contributed by atoms with van der Waals surface area (Å²) in [7, 11) is 0. The number of halogens is 1. The summed E-state index contributed by atoms with van der Waals surface area (Å²) in [5, 5.41) is 0.108. The van der Waals surface area contributed by atoms with Crippen molar-refractivity contribution < 1.29 is 9.53 Å². The van der Waals surface area contributed by atoms with E-state index in [0.717, 1.165) is 0 Å². The summed E-state index contributed by atoms with van der Waals surface area (Å²) >= 11 is 5.69. The Labute approximate surface area is 110 Å². The topological polar surface area (TPSA) is 55.3 Å². The Morgan fingerprint density at radius 2 is 2.50 bits per heavy atom. The van der Waals surface area contributed by atoms with Crippen molar-refractivity contribution >= 4 is 23.6 Å².